The van der Waals surface area contributed by atoms with E-state index in [1.54, 1.807) is 7.11 Å². The summed E-state index contributed by atoms with van der Waals surface area (Å²) in [6, 6.07) is 16.1. The third-order valence-electron chi connectivity index (χ3n) is 3.35. The maximum absolute atomic E-state index is 5.86. The van der Waals surface area contributed by atoms with Gasteiger partial charge in [0, 0.05) is 16.4 Å². The molecule has 1 N–H and O–H groups in total. The molecule has 0 aliphatic rings. The van der Waals surface area contributed by atoms with Gasteiger partial charge in [0.05, 0.1) is 13.7 Å². The molecule has 0 aliphatic carbocycles. The number of hydrogen-bond donors (Lipinski definition) is 1. The lowest BCUT2D eigenvalue weighted by molar-refractivity contribution is 0.406. The molecule has 3 nitrogen and oxygen atoms in total. The Balaban J connectivity index is 1.70. The number of methoxy groups -OCH3 is 1. The normalized spacial score (nSPS) is 11.0. The second-order valence-electron chi connectivity index (χ2n) is 4.79. The van der Waals surface area contributed by atoms with E-state index in [0.29, 0.717) is 6.54 Å². The summed E-state index contributed by atoms with van der Waals surface area (Å²) in [6.45, 7) is 1.47. The quantitative estimate of drug-likeness (QED) is 0.739. The van der Waals surface area contributed by atoms with Crippen molar-refractivity contribution in [2.45, 2.75) is 13.1 Å². The van der Waals surface area contributed by atoms with Gasteiger partial charge < -0.3 is 14.5 Å². The van der Waals surface area contributed by atoms with Crippen molar-refractivity contribution in [3.63, 3.8) is 0 Å². The van der Waals surface area contributed by atoms with Gasteiger partial charge in [0.25, 0.3) is 0 Å². The van der Waals surface area contributed by atoms with Gasteiger partial charge >= 0.3 is 0 Å². The van der Waals surface area contributed by atoms with Crippen LogP contribution in [-0.2, 0) is 13.1 Å². The van der Waals surface area contributed by atoms with Gasteiger partial charge in [-0.05, 0) is 23.8 Å². The lowest BCUT2D eigenvalue weighted by Gasteiger charge is -2.05. The Kier molecular flexibility index (Phi) is 4.27. The van der Waals surface area contributed by atoms with Crippen molar-refractivity contribution in [1.29, 1.82) is 0 Å². The average Bonchev–Trinajstić information content (AvgIpc) is 2.92. The number of ether oxygens (including phenoxy) is 1. The molecule has 3 rings (SSSR count). The number of hydrogen-bond acceptors (Lipinski definition) is 3. The van der Waals surface area contributed by atoms with Crippen molar-refractivity contribution in [2.75, 3.05) is 7.11 Å². The summed E-state index contributed by atoms with van der Waals surface area (Å²) in [4.78, 5) is 0. The van der Waals surface area contributed by atoms with Gasteiger partial charge in [-0.15, -0.1) is 0 Å². The van der Waals surface area contributed by atoms with Crippen LogP contribution in [0.15, 0.2) is 57.4 Å². The average molecular weight is 346 g/mol. The first kappa shape index (κ1) is 14.2. The van der Waals surface area contributed by atoms with E-state index in [1.165, 1.54) is 5.56 Å². The van der Waals surface area contributed by atoms with Crippen LogP contribution in [0.3, 0.4) is 0 Å². The van der Waals surface area contributed by atoms with Gasteiger partial charge in [-0.2, -0.15) is 0 Å². The summed E-state index contributed by atoms with van der Waals surface area (Å²) in [5, 5.41) is 4.45. The van der Waals surface area contributed by atoms with Gasteiger partial charge in [0.2, 0.25) is 0 Å². The van der Waals surface area contributed by atoms with E-state index in [4.69, 9.17) is 9.15 Å². The number of fused-ring (bicyclic) bond motifs is 1. The van der Waals surface area contributed by atoms with E-state index >= 15 is 0 Å². The SMILES string of the molecule is COc1cccc2cc(CNCc3ccccc3Br)oc12. The molecular weight excluding hydrogens is 330 g/mol. The molecule has 108 valence electrons. The molecular formula is C17H16BrNO2. The standard InChI is InChI=1S/C17H16BrNO2/c1-20-16-8-4-6-12-9-14(21-17(12)16)11-19-10-13-5-2-3-7-15(13)18/h2-9,19H,10-11H2,1H3. The van der Waals surface area contributed by atoms with Gasteiger partial charge in [0.15, 0.2) is 11.3 Å². The van der Waals surface area contributed by atoms with Crippen LogP contribution in [0.1, 0.15) is 11.3 Å². The summed E-state index contributed by atoms with van der Waals surface area (Å²) >= 11 is 3.55. The zero-order valence-corrected chi connectivity index (χ0v) is 13.3. The van der Waals surface area contributed by atoms with E-state index in [0.717, 1.165) is 33.5 Å². The van der Waals surface area contributed by atoms with Crippen molar-refractivity contribution < 1.29 is 9.15 Å². The highest BCUT2D eigenvalue weighted by Gasteiger charge is 2.08. The largest absolute Gasteiger partial charge is 0.493 e. The molecule has 4 heteroatoms. The summed E-state index contributed by atoms with van der Waals surface area (Å²) in [5.41, 5.74) is 2.03. The Morgan fingerprint density at radius 3 is 2.76 bits per heavy atom. The van der Waals surface area contributed by atoms with E-state index in [2.05, 4.69) is 27.3 Å². The Labute approximate surface area is 132 Å². The smallest absolute Gasteiger partial charge is 0.176 e. The highest BCUT2D eigenvalue weighted by atomic mass is 79.9. The lowest BCUT2D eigenvalue weighted by Crippen LogP contribution is -2.12. The van der Waals surface area contributed by atoms with Gasteiger partial charge in [-0.3, -0.25) is 0 Å². The fourth-order valence-corrected chi connectivity index (χ4v) is 2.72. The molecule has 3 aromatic rings. The van der Waals surface area contributed by atoms with Crippen molar-refractivity contribution in [2.24, 2.45) is 0 Å². The maximum atomic E-state index is 5.86. The zero-order chi connectivity index (χ0) is 14.7. The summed E-state index contributed by atoms with van der Waals surface area (Å²) < 4.78 is 12.3. The second-order valence-corrected chi connectivity index (χ2v) is 5.64. The predicted octanol–water partition coefficient (Wildman–Crippen LogP) is 4.49. The summed E-state index contributed by atoms with van der Waals surface area (Å²) in [7, 11) is 1.65. The van der Waals surface area contributed by atoms with E-state index in [1.807, 2.05) is 42.5 Å². The number of rotatable bonds is 5. The van der Waals surface area contributed by atoms with E-state index in [-0.39, 0.29) is 0 Å². The van der Waals surface area contributed by atoms with Crippen molar-refractivity contribution in [1.82, 2.24) is 5.32 Å². The molecule has 2 aromatic carbocycles. The third kappa shape index (κ3) is 3.12. The highest BCUT2D eigenvalue weighted by molar-refractivity contribution is 9.10. The van der Waals surface area contributed by atoms with Crippen molar-refractivity contribution in [3.8, 4) is 5.75 Å². The molecule has 0 saturated heterocycles. The lowest BCUT2D eigenvalue weighted by atomic mass is 10.2. The molecule has 0 radical (unpaired) electrons. The molecule has 1 aromatic heterocycles. The molecule has 0 fully saturated rings. The number of halogens is 1. The van der Waals surface area contributed by atoms with Crippen LogP contribution in [0.4, 0.5) is 0 Å². The maximum Gasteiger partial charge on any atom is 0.176 e. The van der Waals surface area contributed by atoms with E-state index < -0.39 is 0 Å². The van der Waals surface area contributed by atoms with Crippen LogP contribution in [0.2, 0.25) is 0 Å². The van der Waals surface area contributed by atoms with E-state index in [9.17, 15) is 0 Å². The molecule has 0 amide bonds. The Bertz CT molecular complexity index is 751. The highest BCUT2D eigenvalue weighted by Crippen LogP contribution is 2.28. The Morgan fingerprint density at radius 1 is 1.10 bits per heavy atom. The van der Waals surface area contributed by atoms with Gasteiger partial charge in [-0.25, -0.2) is 0 Å². The van der Waals surface area contributed by atoms with Gasteiger partial charge in [-0.1, -0.05) is 46.3 Å². The molecule has 0 bridgehead atoms. The first-order valence-electron chi connectivity index (χ1n) is 6.77. The molecule has 0 atom stereocenters. The number of furan rings is 1. The molecule has 0 saturated carbocycles. The molecule has 21 heavy (non-hydrogen) atoms. The van der Waals surface area contributed by atoms with Crippen molar-refractivity contribution in [3.05, 3.63) is 64.3 Å². The minimum atomic E-state index is 0.680. The molecule has 0 unspecified atom stereocenters. The zero-order valence-electron chi connectivity index (χ0n) is 11.7. The minimum absolute atomic E-state index is 0.680. The number of para-hydroxylation sites is 1. The fraction of sp³-hybridized carbons (Fsp3) is 0.176. The number of benzene rings is 2. The van der Waals surface area contributed by atoms with Gasteiger partial charge in [0.1, 0.15) is 5.76 Å². The first-order valence-corrected chi connectivity index (χ1v) is 7.57. The van der Waals surface area contributed by atoms with Crippen LogP contribution < -0.4 is 10.1 Å². The van der Waals surface area contributed by atoms with Crippen LogP contribution in [-0.4, -0.2) is 7.11 Å². The number of nitrogens with one attached hydrogen (secondary N) is 1. The minimum Gasteiger partial charge on any atom is -0.493 e. The third-order valence-corrected chi connectivity index (χ3v) is 4.13. The topological polar surface area (TPSA) is 34.4 Å². The van der Waals surface area contributed by atoms with Crippen LogP contribution in [0.5, 0.6) is 5.75 Å². The summed E-state index contributed by atoms with van der Waals surface area (Å²) in [5.74, 6) is 1.67. The molecule has 0 spiro atoms. The summed E-state index contributed by atoms with van der Waals surface area (Å²) in [6.07, 6.45) is 0. The molecule has 1 heterocycles. The predicted molar refractivity (Wildman–Crippen MR) is 87.5 cm³/mol. The van der Waals surface area contributed by atoms with Crippen LogP contribution >= 0.6 is 15.9 Å². The Morgan fingerprint density at radius 2 is 1.95 bits per heavy atom. The van der Waals surface area contributed by atoms with Crippen molar-refractivity contribution >= 4 is 26.9 Å². The Hall–Kier alpha value is -1.78. The van der Waals surface area contributed by atoms with Crippen LogP contribution in [0.25, 0.3) is 11.0 Å². The van der Waals surface area contributed by atoms with Crippen LogP contribution in [0, 0.1) is 0 Å². The first-order chi connectivity index (χ1) is 10.3. The monoisotopic (exact) mass is 345 g/mol. The molecule has 0 aliphatic heterocycles. The fourth-order valence-electron chi connectivity index (χ4n) is 2.30. The second kappa shape index (κ2) is 6.33.